The summed E-state index contributed by atoms with van der Waals surface area (Å²) in [5.74, 6) is -0.303. The first kappa shape index (κ1) is 15.2. The van der Waals surface area contributed by atoms with E-state index >= 15 is 0 Å². The lowest BCUT2D eigenvalue weighted by Crippen LogP contribution is -2.32. The molecule has 114 valence electrons. The van der Waals surface area contributed by atoms with Crippen molar-refractivity contribution < 1.29 is 19.4 Å². The summed E-state index contributed by atoms with van der Waals surface area (Å²) in [6.45, 7) is 1.87. The van der Waals surface area contributed by atoms with Gasteiger partial charge in [-0.2, -0.15) is 0 Å². The number of phenolic OH excluding ortho intramolecular Hbond substituents is 1. The summed E-state index contributed by atoms with van der Waals surface area (Å²) in [6.07, 6.45) is 2.38. The number of phenols is 1. The zero-order valence-corrected chi connectivity index (χ0v) is 12.1. The zero-order chi connectivity index (χ0) is 15.2. The van der Waals surface area contributed by atoms with E-state index in [4.69, 9.17) is 4.74 Å². The van der Waals surface area contributed by atoms with Gasteiger partial charge in [0.2, 0.25) is 5.91 Å². The van der Waals surface area contributed by atoms with E-state index in [0.717, 1.165) is 25.9 Å². The first-order valence-corrected chi connectivity index (χ1v) is 7.05. The summed E-state index contributed by atoms with van der Waals surface area (Å²) in [5.41, 5.74) is 0.142. The highest BCUT2D eigenvalue weighted by atomic mass is 16.5. The van der Waals surface area contributed by atoms with Crippen molar-refractivity contribution in [3.8, 4) is 11.5 Å². The van der Waals surface area contributed by atoms with E-state index < -0.39 is 5.91 Å². The fourth-order valence-electron chi connectivity index (χ4n) is 2.37. The van der Waals surface area contributed by atoms with Crippen LogP contribution in [0.2, 0.25) is 0 Å². The largest absolute Gasteiger partial charge is 0.504 e. The van der Waals surface area contributed by atoms with Gasteiger partial charge in [0.15, 0.2) is 11.5 Å². The van der Waals surface area contributed by atoms with Crippen LogP contribution in [0.4, 0.5) is 0 Å². The molecule has 1 aromatic rings. The van der Waals surface area contributed by atoms with Crippen LogP contribution in [0.5, 0.6) is 11.5 Å². The average Bonchev–Trinajstić information content (AvgIpc) is 3.01. The molecule has 0 unspecified atom stereocenters. The fourth-order valence-corrected chi connectivity index (χ4v) is 2.37. The van der Waals surface area contributed by atoms with Crippen molar-refractivity contribution >= 4 is 11.8 Å². The first-order valence-electron chi connectivity index (χ1n) is 7.05. The number of ether oxygens (including phenoxy) is 1. The second-order valence-electron chi connectivity index (χ2n) is 4.95. The molecule has 0 saturated carbocycles. The third-order valence-electron chi connectivity index (χ3n) is 3.55. The van der Waals surface area contributed by atoms with Crippen LogP contribution in [0.25, 0.3) is 0 Å². The molecule has 0 radical (unpaired) electrons. The minimum atomic E-state index is -0.416. The van der Waals surface area contributed by atoms with Gasteiger partial charge in [0.1, 0.15) is 0 Å². The highest BCUT2D eigenvalue weighted by Crippen LogP contribution is 2.29. The van der Waals surface area contributed by atoms with Crippen LogP contribution in [0, 0.1) is 0 Å². The van der Waals surface area contributed by atoms with Crippen molar-refractivity contribution in [2.75, 3.05) is 26.7 Å². The SMILES string of the molecule is COc1cccc(C(=O)NCCC(=O)N2CCCC2)c1O. The van der Waals surface area contributed by atoms with Crippen LogP contribution in [-0.2, 0) is 4.79 Å². The van der Waals surface area contributed by atoms with Crippen molar-refractivity contribution in [2.45, 2.75) is 19.3 Å². The number of likely N-dealkylation sites (tertiary alicyclic amines) is 1. The van der Waals surface area contributed by atoms with Gasteiger partial charge < -0.3 is 20.1 Å². The average molecular weight is 292 g/mol. The Morgan fingerprint density at radius 1 is 1.33 bits per heavy atom. The van der Waals surface area contributed by atoms with Crippen LogP contribution in [-0.4, -0.2) is 48.6 Å². The number of amides is 2. The van der Waals surface area contributed by atoms with E-state index in [0.29, 0.717) is 0 Å². The van der Waals surface area contributed by atoms with E-state index in [1.54, 1.807) is 12.1 Å². The Bertz CT molecular complexity index is 524. The predicted molar refractivity (Wildman–Crippen MR) is 77.4 cm³/mol. The minimum Gasteiger partial charge on any atom is -0.504 e. The molecule has 6 heteroatoms. The van der Waals surface area contributed by atoms with Gasteiger partial charge in [-0.05, 0) is 25.0 Å². The maximum Gasteiger partial charge on any atom is 0.255 e. The molecule has 0 spiro atoms. The van der Waals surface area contributed by atoms with E-state index in [-0.39, 0.29) is 35.9 Å². The van der Waals surface area contributed by atoms with E-state index in [1.807, 2.05) is 4.90 Å². The van der Waals surface area contributed by atoms with Crippen LogP contribution in [0.15, 0.2) is 18.2 Å². The lowest BCUT2D eigenvalue weighted by Gasteiger charge is -2.15. The third-order valence-corrected chi connectivity index (χ3v) is 3.55. The topological polar surface area (TPSA) is 78.9 Å². The number of hydrogen-bond donors (Lipinski definition) is 2. The molecule has 1 fully saturated rings. The minimum absolute atomic E-state index is 0.0580. The van der Waals surface area contributed by atoms with Gasteiger partial charge in [0, 0.05) is 26.1 Å². The van der Waals surface area contributed by atoms with Crippen molar-refractivity contribution in [1.82, 2.24) is 10.2 Å². The van der Waals surface area contributed by atoms with Crippen LogP contribution in [0.3, 0.4) is 0 Å². The lowest BCUT2D eigenvalue weighted by molar-refractivity contribution is -0.129. The monoisotopic (exact) mass is 292 g/mol. The number of para-hydroxylation sites is 1. The van der Waals surface area contributed by atoms with Gasteiger partial charge in [-0.15, -0.1) is 0 Å². The number of methoxy groups -OCH3 is 1. The van der Waals surface area contributed by atoms with Gasteiger partial charge >= 0.3 is 0 Å². The van der Waals surface area contributed by atoms with Gasteiger partial charge in [0.25, 0.3) is 5.91 Å². The van der Waals surface area contributed by atoms with Crippen LogP contribution in [0.1, 0.15) is 29.6 Å². The molecule has 1 aliphatic heterocycles. The highest BCUT2D eigenvalue weighted by molar-refractivity contribution is 5.97. The molecule has 1 aliphatic rings. The van der Waals surface area contributed by atoms with Gasteiger partial charge in [-0.3, -0.25) is 9.59 Å². The molecule has 21 heavy (non-hydrogen) atoms. The summed E-state index contributed by atoms with van der Waals surface area (Å²) < 4.78 is 4.96. The Hall–Kier alpha value is -2.24. The van der Waals surface area contributed by atoms with Gasteiger partial charge in [-0.1, -0.05) is 6.07 Å². The zero-order valence-electron chi connectivity index (χ0n) is 12.1. The molecule has 6 nitrogen and oxygen atoms in total. The molecule has 0 aromatic heterocycles. The van der Waals surface area contributed by atoms with Crippen molar-refractivity contribution in [3.63, 3.8) is 0 Å². The normalized spacial score (nSPS) is 14.0. The summed E-state index contributed by atoms with van der Waals surface area (Å²) in [6, 6.07) is 4.71. The Morgan fingerprint density at radius 2 is 2.05 bits per heavy atom. The summed E-state index contributed by atoms with van der Waals surface area (Å²) in [4.78, 5) is 25.6. The van der Waals surface area contributed by atoms with E-state index in [2.05, 4.69) is 5.32 Å². The third kappa shape index (κ3) is 3.65. The molecule has 2 amide bonds. The summed E-state index contributed by atoms with van der Waals surface area (Å²) in [5, 5.41) is 12.5. The number of rotatable bonds is 5. The molecule has 0 aliphatic carbocycles. The summed E-state index contributed by atoms with van der Waals surface area (Å²) >= 11 is 0. The smallest absolute Gasteiger partial charge is 0.255 e. The highest BCUT2D eigenvalue weighted by Gasteiger charge is 2.18. The number of benzene rings is 1. The Kier molecular flexibility index (Phi) is 5.03. The number of nitrogens with zero attached hydrogens (tertiary/aromatic N) is 1. The number of carbonyl (C=O) groups excluding carboxylic acids is 2. The van der Waals surface area contributed by atoms with Crippen molar-refractivity contribution in [2.24, 2.45) is 0 Å². The molecule has 1 saturated heterocycles. The van der Waals surface area contributed by atoms with Crippen LogP contribution < -0.4 is 10.1 Å². The standard InChI is InChI=1S/C15H20N2O4/c1-21-12-6-4-5-11(14(12)19)15(20)16-8-7-13(18)17-9-2-3-10-17/h4-6,19H,2-3,7-10H2,1H3,(H,16,20). The second-order valence-corrected chi connectivity index (χ2v) is 4.95. The molecular formula is C15H20N2O4. The first-order chi connectivity index (χ1) is 10.1. The predicted octanol–water partition coefficient (Wildman–Crippen LogP) is 1.14. The van der Waals surface area contributed by atoms with Crippen molar-refractivity contribution in [3.05, 3.63) is 23.8 Å². The number of nitrogens with one attached hydrogen (secondary N) is 1. The maximum absolute atomic E-state index is 12.0. The van der Waals surface area contributed by atoms with E-state index in [9.17, 15) is 14.7 Å². The van der Waals surface area contributed by atoms with Crippen molar-refractivity contribution in [1.29, 1.82) is 0 Å². The molecule has 0 atom stereocenters. The fraction of sp³-hybridized carbons (Fsp3) is 0.467. The van der Waals surface area contributed by atoms with Gasteiger partial charge in [-0.25, -0.2) is 0 Å². The Balaban J connectivity index is 1.86. The molecule has 1 heterocycles. The molecule has 2 N–H and O–H groups in total. The lowest BCUT2D eigenvalue weighted by atomic mass is 10.1. The molecule has 1 aromatic carbocycles. The Morgan fingerprint density at radius 3 is 2.71 bits per heavy atom. The number of aromatic hydroxyl groups is 1. The second kappa shape index (κ2) is 6.97. The maximum atomic E-state index is 12.0. The summed E-state index contributed by atoms with van der Waals surface area (Å²) in [7, 11) is 1.42. The molecular weight excluding hydrogens is 272 g/mol. The van der Waals surface area contributed by atoms with Crippen LogP contribution >= 0.6 is 0 Å². The van der Waals surface area contributed by atoms with E-state index in [1.165, 1.54) is 13.2 Å². The quantitative estimate of drug-likeness (QED) is 0.853. The molecule has 2 rings (SSSR count). The van der Waals surface area contributed by atoms with Gasteiger partial charge in [0.05, 0.1) is 12.7 Å². The number of carbonyl (C=O) groups is 2. The number of hydrogen-bond acceptors (Lipinski definition) is 4. The Labute approximate surface area is 123 Å². The molecule has 0 bridgehead atoms.